The monoisotopic (exact) mass is 354 g/mol. The first-order valence-electron chi connectivity index (χ1n) is 9.07. The molecule has 1 aliphatic heterocycles. The topological polar surface area (TPSA) is 36.9 Å². The van der Waals surface area contributed by atoms with Crippen LogP contribution in [0, 0.1) is 0 Å². The Morgan fingerprint density at radius 3 is 2.12 bits per heavy atom. The third kappa shape index (κ3) is 5.78. The molecule has 0 aromatic heterocycles. The highest BCUT2D eigenvalue weighted by atomic mass is 16.7. The molecule has 0 spiro atoms. The highest BCUT2D eigenvalue weighted by molar-refractivity contribution is 5.14. The Labute approximate surface area is 155 Å². The maximum atomic E-state index is 6.06. The van der Waals surface area contributed by atoms with E-state index in [9.17, 15) is 0 Å². The van der Waals surface area contributed by atoms with E-state index >= 15 is 0 Å². The van der Waals surface area contributed by atoms with Gasteiger partial charge in [0.25, 0.3) is 0 Å². The molecule has 3 atom stereocenters. The van der Waals surface area contributed by atoms with Gasteiger partial charge >= 0.3 is 0 Å². The molecule has 0 radical (unpaired) electrons. The molecule has 0 amide bonds. The van der Waals surface area contributed by atoms with Crippen molar-refractivity contribution in [2.45, 2.75) is 38.6 Å². The van der Waals surface area contributed by atoms with Crippen molar-refractivity contribution in [3.05, 3.63) is 83.9 Å². The summed E-state index contributed by atoms with van der Waals surface area (Å²) in [5, 5.41) is 0. The Hall–Kier alpha value is -1.98. The summed E-state index contributed by atoms with van der Waals surface area (Å²) in [6, 6.07) is 20.2. The molecular formula is C22H26O4. The van der Waals surface area contributed by atoms with Crippen molar-refractivity contribution < 1.29 is 18.9 Å². The minimum absolute atomic E-state index is 0.164. The minimum Gasteiger partial charge on any atom is -0.374 e. The van der Waals surface area contributed by atoms with Crippen molar-refractivity contribution in [3.8, 4) is 0 Å². The molecule has 1 heterocycles. The molecule has 0 bridgehead atoms. The number of rotatable bonds is 9. The summed E-state index contributed by atoms with van der Waals surface area (Å²) in [7, 11) is 0. The predicted octanol–water partition coefficient (Wildman–Crippen LogP) is 4.11. The van der Waals surface area contributed by atoms with Crippen molar-refractivity contribution in [2.24, 2.45) is 0 Å². The Morgan fingerprint density at radius 1 is 0.808 bits per heavy atom. The SMILES string of the molecule is CCO[C@@H]1C=C[C@@H](OCc2ccccc2)[C@@H](COCc2ccccc2)O1. The van der Waals surface area contributed by atoms with Crippen LogP contribution in [0.2, 0.25) is 0 Å². The maximum absolute atomic E-state index is 6.06. The molecular weight excluding hydrogens is 328 g/mol. The Kier molecular flexibility index (Phi) is 7.40. The molecule has 4 heteroatoms. The van der Waals surface area contributed by atoms with Crippen molar-refractivity contribution in [3.63, 3.8) is 0 Å². The van der Waals surface area contributed by atoms with Crippen molar-refractivity contribution >= 4 is 0 Å². The second kappa shape index (κ2) is 10.2. The van der Waals surface area contributed by atoms with Crippen LogP contribution in [-0.4, -0.2) is 31.7 Å². The van der Waals surface area contributed by atoms with Crippen molar-refractivity contribution in [1.82, 2.24) is 0 Å². The fourth-order valence-electron chi connectivity index (χ4n) is 2.81. The van der Waals surface area contributed by atoms with Crippen LogP contribution >= 0.6 is 0 Å². The lowest BCUT2D eigenvalue weighted by molar-refractivity contribution is -0.193. The minimum atomic E-state index is -0.345. The summed E-state index contributed by atoms with van der Waals surface area (Å²) < 4.78 is 23.5. The maximum Gasteiger partial charge on any atom is 0.177 e. The lowest BCUT2D eigenvalue weighted by Gasteiger charge is -2.32. The highest BCUT2D eigenvalue weighted by Crippen LogP contribution is 2.19. The van der Waals surface area contributed by atoms with E-state index in [0.717, 1.165) is 11.1 Å². The highest BCUT2D eigenvalue weighted by Gasteiger charge is 2.28. The quantitative estimate of drug-likeness (QED) is 0.635. The molecule has 4 nitrogen and oxygen atoms in total. The molecule has 2 aromatic carbocycles. The number of ether oxygens (including phenoxy) is 4. The standard InChI is InChI=1S/C22H26O4/c1-2-24-22-14-13-20(25-16-19-11-7-4-8-12-19)21(26-22)17-23-15-18-9-5-3-6-10-18/h3-14,20-22H,2,15-17H2,1H3/t20-,21-,22+/m1/s1. The zero-order valence-corrected chi connectivity index (χ0v) is 15.1. The van der Waals surface area contributed by atoms with Crippen LogP contribution < -0.4 is 0 Å². The third-order valence-corrected chi connectivity index (χ3v) is 4.14. The molecule has 3 rings (SSSR count). The van der Waals surface area contributed by atoms with E-state index in [0.29, 0.717) is 26.4 Å². The van der Waals surface area contributed by atoms with Gasteiger partial charge < -0.3 is 18.9 Å². The van der Waals surface area contributed by atoms with E-state index in [4.69, 9.17) is 18.9 Å². The number of hydrogen-bond acceptors (Lipinski definition) is 4. The first-order valence-corrected chi connectivity index (χ1v) is 9.07. The molecule has 0 saturated carbocycles. The fraction of sp³-hybridized carbons (Fsp3) is 0.364. The van der Waals surface area contributed by atoms with Gasteiger partial charge in [-0.15, -0.1) is 0 Å². The lowest BCUT2D eigenvalue weighted by atomic mass is 10.1. The lowest BCUT2D eigenvalue weighted by Crippen LogP contribution is -2.41. The van der Waals surface area contributed by atoms with Gasteiger partial charge in [0, 0.05) is 6.61 Å². The van der Waals surface area contributed by atoms with Gasteiger partial charge in [-0.3, -0.25) is 0 Å². The van der Waals surface area contributed by atoms with Crippen LogP contribution in [0.25, 0.3) is 0 Å². The first kappa shape index (κ1) is 18.8. The summed E-state index contributed by atoms with van der Waals surface area (Å²) in [5.41, 5.74) is 2.28. The largest absolute Gasteiger partial charge is 0.374 e. The van der Waals surface area contributed by atoms with Crippen LogP contribution in [0.1, 0.15) is 18.1 Å². The van der Waals surface area contributed by atoms with E-state index in [1.807, 2.05) is 67.6 Å². The summed E-state index contributed by atoms with van der Waals surface area (Å²) in [4.78, 5) is 0. The Morgan fingerprint density at radius 2 is 1.46 bits per heavy atom. The fourth-order valence-corrected chi connectivity index (χ4v) is 2.81. The molecule has 0 aliphatic carbocycles. The van der Waals surface area contributed by atoms with Gasteiger partial charge in [-0.2, -0.15) is 0 Å². The van der Waals surface area contributed by atoms with Crippen LogP contribution in [0.5, 0.6) is 0 Å². The molecule has 0 N–H and O–H groups in total. The Bertz CT molecular complexity index is 656. The van der Waals surface area contributed by atoms with Gasteiger partial charge in [0.15, 0.2) is 6.29 Å². The van der Waals surface area contributed by atoms with Gasteiger partial charge in [0.1, 0.15) is 12.2 Å². The van der Waals surface area contributed by atoms with Crippen LogP contribution in [0.4, 0.5) is 0 Å². The van der Waals surface area contributed by atoms with Gasteiger partial charge in [-0.25, -0.2) is 0 Å². The molecule has 0 fully saturated rings. The van der Waals surface area contributed by atoms with E-state index < -0.39 is 0 Å². The summed E-state index contributed by atoms with van der Waals surface area (Å²) in [6.45, 7) is 4.09. The molecule has 2 aromatic rings. The van der Waals surface area contributed by atoms with Gasteiger partial charge in [0.2, 0.25) is 0 Å². The molecule has 0 saturated heterocycles. The van der Waals surface area contributed by atoms with Gasteiger partial charge in [-0.1, -0.05) is 66.7 Å². The summed E-state index contributed by atoms with van der Waals surface area (Å²) >= 11 is 0. The average molecular weight is 354 g/mol. The van der Waals surface area contributed by atoms with E-state index in [-0.39, 0.29) is 18.5 Å². The van der Waals surface area contributed by atoms with Crippen LogP contribution in [0.15, 0.2) is 72.8 Å². The second-order valence-corrected chi connectivity index (χ2v) is 6.15. The second-order valence-electron chi connectivity index (χ2n) is 6.15. The summed E-state index contributed by atoms with van der Waals surface area (Å²) in [5.74, 6) is 0. The number of benzene rings is 2. The molecule has 138 valence electrons. The molecule has 26 heavy (non-hydrogen) atoms. The van der Waals surface area contributed by atoms with E-state index in [1.165, 1.54) is 0 Å². The van der Waals surface area contributed by atoms with Crippen molar-refractivity contribution in [1.29, 1.82) is 0 Å². The first-order chi connectivity index (χ1) is 12.8. The zero-order chi connectivity index (χ0) is 18.0. The van der Waals surface area contributed by atoms with Crippen LogP contribution in [0.3, 0.4) is 0 Å². The predicted molar refractivity (Wildman–Crippen MR) is 101 cm³/mol. The number of hydrogen-bond donors (Lipinski definition) is 0. The molecule has 0 unspecified atom stereocenters. The van der Waals surface area contributed by atoms with Gasteiger partial charge in [-0.05, 0) is 24.1 Å². The van der Waals surface area contributed by atoms with E-state index in [1.54, 1.807) is 0 Å². The normalized spacial score (nSPS) is 22.4. The zero-order valence-electron chi connectivity index (χ0n) is 15.1. The van der Waals surface area contributed by atoms with Crippen LogP contribution in [-0.2, 0) is 32.2 Å². The smallest absolute Gasteiger partial charge is 0.177 e. The van der Waals surface area contributed by atoms with Crippen molar-refractivity contribution in [2.75, 3.05) is 13.2 Å². The van der Waals surface area contributed by atoms with E-state index in [2.05, 4.69) is 12.1 Å². The van der Waals surface area contributed by atoms with Gasteiger partial charge in [0.05, 0.1) is 19.8 Å². The average Bonchev–Trinajstić information content (AvgIpc) is 2.69. The summed E-state index contributed by atoms with van der Waals surface area (Å²) in [6.07, 6.45) is 3.21. The third-order valence-electron chi connectivity index (χ3n) is 4.14. The molecule has 1 aliphatic rings. The Balaban J connectivity index is 1.55.